The maximum Gasteiger partial charge on any atom is 0.261 e. The lowest BCUT2D eigenvalue weighted by molar-refractivity contribution is 0.0942. The van der Waals surface area contributed by atoms with Crippen LogP contribution in [0, 0.1) is 0 Å². The predicted octanol–water partition coefficient (Wildman–Crippen LogP) is 2.29. The zero-order valence-electron chi connectivity index (χ0n) is 6.89. The van der Waals surface area contributed by atoms with Gasteiger partial charge in [-0.2, -0.15) is 0 Å². The molecule has 1 saturated carbocycles. The highest BCUT2D eigenvalue weighted by atomic mass is 79.9. The van der Waals surface area contributed by atoms with Crippen LogP contribution in [0.4, 0.5) is 0 Å². The van der Waals surface area contributed by atoms with Gasteiger partial charge in [-0.05, 0) is 40.4 Å². The fourth-order valence-electron chi connectivity index (χ4n) is 1.95. The van der Waals surface area contributed by atoms with Gasteiger partial charge in [0.2, 0.25) is 0 Å². The molecule has 4 heteroatoms. The molecule has 1 aliphatic carbocycles. The van der Waals surface area contributed by atoms with Crippen LogP contribution >= 0.6 is 27.3 Å². The molecule has 0 radical (unpaired) electrons. The zero-order valence-corrected chi connectivity index (χ0v) is 9.30. The molecular weight excluding hydrogens is 250 g/mol. The third-order valence-corrected chi connectivity index (χ3v) is 4.56. The van der Waals surface area contributed by atoms with Crippen molar-refractivity contribution in [2.24, 2.45) is 0 Å². The van der Waals surface area contributed by atoms with Gasteiger partial charge >= 0.3 is 0 Å². The van der Waals surface area contributed by atoms with E-state index in [0.717, 1.165) is 15.2 Å². The van der Waals surface area contributed by atoms with Crippen molar-refractivity contribution < 1.29 is 4.79 Å². The van der Waals surface area contributed by atoms with Crippen LogP contribution in [0.2, 0.25) is 0 Å². The molecule has 0 unspecified atom stereocenters. The van der Waals surface area contributed by atoms with Crippen molar-refractivity contribution in [3.05, 3.63) is 20.3 Å². The number of hydrogen-bond donors (Lipinski definition) is 1. The Balaban J connectivity index is 2.21. The van der Waals surface area contributed by atoms with E-state index in [1.54, 1.807) is 11.3 Å². The van der Waals surface area contributed by atoms with E-state index in [1.165, 1.54) is 18.4 Å². The van der Waals surface area contributed by atoms with E-state index in [4.69, 9.17) is 0 Å². The van der Waals surface area contributed by atoms with Crippen molar-refractivity contribution >= 4 is 33.2 Å². The second-order valence-electron chi connectivity index (χ2n) is 3.76. The zero-order chi connectivity index (χ0) is 9.05. The number of halogens is 1. The third kappa shape index (κ3) is 1.02. The number of thiophene rings is 1. The molecule has 1 N–H and O–H groups in total. The number of carbonyl (C=O) groups excluding carboxylic acids is 1. The maximum absolute atomic E-state index is 11.5. The lowest BCUT2D eigenvalue weighted by atomic mass is 9.93. The summed E-state index contributed by atoms with van der Waals surface area (Å²) in [7, 11) is 0. The van der Waals surface area contributed by atoms with Crippen molar-refractivity contribution in [2.45, 2.75) is 18.3 Å². The summed E-state index contributed by atoms with van der Waals surface area (Å²) >= 11 is 4.98. The molecule has 1 fully saturated rings. The highest BCUT2D eigenvalue weighted by Gasteiger charge is 2.49. The monoisotopic (exact) mass is 257 g/mol. The molecule has 1 spiro atoms. The standard InChI is InChI=1S/C9H8BrNOS/c10-6-3-5-7(13-6)8(12)11-4-9(5)1-2-9/h3H,1-2,4H2,(H,11,12). The summed E-state index contributed by atoms with van der Waals surface area (Å²) in [6, 6.07) is 2.12. The van der Waals surface area contributed by atoms with Gasteiger partial charge in [0.15, 0.2) is 0 Å². The van der Waals surface area contributed by atoms with Crippen LogP contribution in [-0.4, -0.2) is 12.5 Å². The van der Waals surface area contributed by atoms with E-state index in [2.05, 4.69) is 27.3 Å². The summed E-state index contributed by atoms with van der Waals surface area (Å²) in [5.41, 5.74) is 1.58. The van der Waals surface area contributed by atoms with Crippen molar-refractivity contribution in [3.8, 4) is 0 Å². The van der Waals surface area contributed by atoms with Crippen LogP contribution < -0.4 is 5.32 Å². The van der Waals surface area contributed by atoms with Crippen LogP contribution in [0.25, 0.3) is 0 Å². The molecule has 2 aliphatic rings. The van der Waals surface area contributed by atoms with Crippen LogP contribution in [0.15, 0.2) is 9.85 Å². The lowest BCUT2D eigenvalue weighted by Gasteiger charge is -2.21. The Kier molecular flexibility index (Phi) is 1.45. The minimum Gasteiger partial charge on any atom is -0.350 e. The molecule has 1 aliphatic heterocycles. The first-order valence-electron chi connectivity index (χ1n) is 4.29. The Bertz CT molecular complexity index is 394. The normalized spacial score (nSPS) is 22.7. The molecule has 3 rings (SSSR count). The van der Waals surface area contributed by atoms with Crippen molar-refractivity contribution in [2.75, 3.05) is 6.54 Å². The number of carbonyl (C=O) groups is 1. The number of rotatable bonds is 0. The molecular formula is C9H8BrNOS. The molecule has 13 heavy (non-hydrogen) atoms. The Hall–Kier alpha value is -0.350. The Morgan fingerprint density at radius 1 is 1.54 bits per heavy atom. The average molecular weight is 258 g/mol. The highest BCUT2D eigenvalue weighted by Crippen LogP contribution is 2.52. The van der Waals surface area contributed by atoms with Crippen LogP contribution in [0.5, 0.6) is 0 Å². The van der Waals surface area contributed by atoms with E-state index in [1.807, 2.05) is 0 Å². The van der Waals surface area contributed by atoms with E-state index >= 15 is 0 Å². The van der Waals surface area contributed by atoms with Gasteiger partial charge in [0, 0.05) is 12.0 Å². The van der Waals surface area contributed by atoms with Gasteiger partial charge in [0.25, 0.3) is 5.91 Å². The molecule has 2 heterocycles. The van der Waals surface area contributed by atoms with Gasteiger partial charge in [-0.25, -0.2) is 0 Å². The summed E-state index contributed by atoms with van der Waals surface area (Å²) in [5.74, 6) is 0.100. The molecule has 0 saturated heterocycles. The highest BCUT2D eigenvalue weighted by molar-refractivity contribution is 9.11. The predicted molar refractivity (Wildman–Crippen MR) is 55.3 cm³/mol. The van der Waals surface area contributed by atoms with E-state index in [0.29, 0.717) is 5.41 Å². The fourth-order valence-corrected chi connectivity index (χ4v) is 3.58. The van der Waals surface area contributed by atoms with Gasteiger partial charge in [-0.15, -0.1) is 11.3 Å². The van der Waals surface area contributed by atoms with Crippen molar-refractivity contribution in [3.63, 3.8) is 0 Å². The van der Waals surface area contributed by atoms with Gasteiger partial charge < -0.3 is 5.32 Å². The van der Waals surface area contributed by atoms with Crippen LogP contribution in [0.1, 0.15) is 28.1 Å². The van der Waals surface area contributed by atoms with Gasteiger partial charge in [-0.1, -0.05) is 0 Å². The van der Waals surface area contributed by atoms with E-state index in [-0.39, 0.29) is 5.91 Å². The smallest absolute Gasteiger partial charge is 0.261 e. The molecule has 1 aromatic rings. The molecule has 0 atom stereocenters. The van der Waals surface area contributed by atoms with Crippen molar-refractivity contribution in [1.82, 2.24) is 5.32 Å². The van der Waals surface area contributed by atoms with Crippen molar-refractivity contribution in [1.29, 1.82) is 0 Å². The minimum absolute atomic E-state index is 0.100. The first-order chi connectivity index (χ1) is 6.21. The maximum atomic E-state index is 11.5. The Morgan fingerprint density at radius 2 is 2.31 bits per heavy atom. The summed E-state index contributed by atoms with van der Waals surface area (Å²) in [6.07, 6.45) is 2.45. The quantitative estimate of drug-likeness (QED) is 0.760. The summed E-state index contributed by atoms with van der Waals surface area (Å²) in [4.78, 5) is 12.4. The number of nitrogens with one attached hydrogen (secondary N) is 1. The third-order valence-electron chi connectivity index (χ3n) is 2.92. The molecule has 1 amide bonds. The van der Waals surface area contributed by atoms with Gasteiger partial charge in [0.05, 0.1) is 8.66 Å². The van der Waals surface area contributed by atoms with Gasteiger partial charge in [-0.3, -0.25) is 4.79 Å². The van der Waals surface area contributed by atoms with Gasteiger partial charge in [0.1, 0.15) is 0 Å². The number of fused-ring (bicyclic) bond motifs is 2. The molecule has 1 aromatic heterocycles. The Morgan fingerprint density at radius 3 is 3.00 bits per heavy atom. The minimum atomic E-state index is 0.100. The average Bonchev–Trinajstić information content (AvgIpc) is 2.76. The SMILES string of the molecule is O=C1NCC2(CC2)c2cc(Br)sc21. The molecule has 0 bridgehead atoms. The first kappa shape index (κ1) is 8.00. The largest absolute Gasteiger partial charge is 0.350 e. The number of amides is 1. The first-order valence-corrected chi connectivity index (χ1v) is 5.90. The second-order valence-corrected chi connectivity index (χ2v) is 6.19. The van der Waals surface area contributed by atoms with E-state index < -0.39 is 0 Å². The number of hydrogen-bond acceptors (Lipinski definition) is 2. The summed E-state index contributed by atoms with van der Waals surface area (Å²) in [6.45, 7) is 0.835. The summed E-state index contributed by atoms with van der Waals surface area (Å²) < 4.78 is 1.07. The van der Waals surface area contributed by atoms with E-state index in [9.17, 15) is 4.79 Å². The molecule has 68 valence electrons. The lowest BCUT2D eigenvalue weighted by Crippen LogP contribution is -2.37. The van der Waals surface area contributed by atoms with Crippen LogP contribution in [-0.2, 0) is 5.41 Å². The topological polar surface area (TPSA) is 29.1 Å². The molecule has 2 nitrogen and oxygen atoms in total. The second kappa shape index (κ2) is 2.36. The Labute approximate surface area is 88.5 Å². The summed E-state index contributed by atoms with van der Waals surface area (Å²) in [5, 5.41) is 2.95. The molecule has 0 aromatic carbocycles. The van der Waals surface area contributed by atoms with Crippen LogP contribution in [0.3, 0.4) is 0 Å². The fraction of sp³-hybridized carbons (Fsp3) is 0.444.